The van der Waals surface area contributed by atoms with E-state index in [-0.39, 0.29) is 24.1 Å². The molecule has 2 aromatic rings. The fourth-order valence-corrected chi connectivity index (χ4v) is 4.14. The monoisotopic (exact) mass is 375 g/mol. The maximum atomic E-state index is 12.9. The summed E-state index contributed by atoms with van der Waals surface area (Å²) in [5.74, 6) is 7.60. The topological polar surface area (TPSA) is 38.8 Å². The van der Waals surface area contributed by atoms with Crippen molar-refractivity contribution in [3.63, 3.8) is 0 Å². The van der Waals surface area contributed by atoms with E-state index in [1.54, 1.807) is 7.11 Å². The van der Waals surface area contributed by atoms with Gasteiger partial charge < -0.3 is 9.47 Å². The van der Waals surface area contributed by atoms with Crippen LogP contribution in [-0.2, 0) is 4.74 Å². The summed E-state index contributed by atoms with van der Waals surface area (Å²) in [4.78, 5) is 14.8. The Hall–Kier alpha value is -2.93. The lowest BCUT2D eigenvalue weighted by molar-refractivity contribution is 0.0170. The molecule has 1 amide bonds. The minimum Gasteiger partial charge on any atom is -0.497 e. The van der Waals surface area contributed by atoms with E-state index < -0.39 is 5.60 Å². The van der Waals surface area contributed by atoms with Gasteiger partial charge in [-0.1, -0.05) is 36.1 Å². The Balaban J connectivity index is 1.63. The van der Waals surface area contributed by atoms with Crippen molar-refractivity contribution >= 4 is 6.09 Å². The number of carbonyl (C=O) groups is 1. The van der Waals surface area contributed by atoms with E-state index in [9.17, 15) is 4.79 Å². The second-order valence-corrected chi connectivity index (χ2v) is 8.32. The van der Waals surface area contributed by atoms with Crippen LogP contribution in [0.4, 0.5) is 4.79 Å². The van der Waals surface area contributed by atoms with E-state index in [4.69, 9.17) is 9.47 Å². The molecule has 2 aromatic carbocycles. The lowest BCUT2D eigenvalue weighted by Crippen LogP contribution is -2.35. The van der Waals surface area contributed by atoms with Crippen molar-refractivity contribution in [3.05, 3.63) is 65.2 Å². The molecule has 28 heavy (non-hydrogen) atoms. The highest BCUT2D eigenvalue weighted by Crippen LogP contribution is 2.56. The standard InChI is InChI=1S/C24H25NO3/c1-24(2,3)28-23(26)25-21-15-17(22(25)20-8-6-5-7-19(20)21)12-9-16-10-13-18(27-4)14-11-16/h5-8,10-11,13-14,17,21-22H,15H2,1-4H3. The van der Waals surface area contributed by atoms with Crippen molar-refractivity contribution in [3.8, 4) is 17.6 Å². The molecule has 4 nitrogen and oxygen atoms in total. The number of fused-ring (bicyclic) bond motifs is 5. The predicted molar refractivity (Wildman–Crippen MR) is 108 cm³/mol. The summed E-state index contributed by atoms with van der Waals surface area (Å²) in [7, 11) is 1.65. The van der Waals surface area contributed by atoms with Crippen molar-refractivity contribution in [2.24, 2.45) is 5.92 Å². The summed E-state index contributed by atoms with van der Waals surface area (Å²) >= 11 is 0. The largest absolute Gasteiger partial charge is 0.497 e. The smallest absolute Gasteiger partial charge is 0.411 e. The summed E-state index contributed by atoms with van der Waals surface area (Å²) < 4.78 is 10.9. The van der Waals surface area contributed by atoms with Gasteiger partial charge in [0, 0.05) is 11.5 Å². The second kappa shape index (κ2) is 6.91. The minimum atomic E-state index is -0.518. The SMILES string of the molecule is COc1ccc(C#CC2CC3c4ccccc4C2N3C(=O)OC(C)(C)C)cc1. The summed E-state index contributed by atoms with van der Waals surface area (Å²) in [6.45, 7) is 5.70. The summed E-state index contributed by atoms with van der Waals surface area (Å²) in [6.07, 6.45) is 0.580. The Bertz CT molecular complexity index is 946. The molecule has 2 heterocycles. The van der Waals surface area contributed by atoms with Gasteiger partial charge in [0.05, 0.1) is 19.2 Å². The quantitative estimate of drug-likeness (QED) is 0.651. The molecule has 0 spiro atoms. The van der Waals surface area contributed by atoms with Gasteiger partial charge in [-0.3, -0.25) is 4.90 Å². The summed E-state index contributed by atoms with van der Waals surface area (Å²) in [5.41, 5.74) is 2.84. The average Bonchev–Trinajstić information content (AvgIpc) is 3.20. The first kappa shape index (κ1) is 18.4. The molecule has 2 aliphatic rings. The fraction of sp³-hybridized carbons (Fsp3) is 0.375. The molecular weight excluding hydrogens is 350 g/mol. The van der Waals surface area contributed by atoms with E-state index in [1.165, 1.54) is 11.1 Å². The van der Waals surface area contributed by atoms with Gasteiger partial charge in [-0.25, -0.2) is 4.79 Å². The van der Waals surface area contributed by atoms with Gasteiger partial charge in [-0.2, -0.15) is 0 Å². The molecule has 1 fully saturated rings. The average molecular weight is 375 g/mol. The van der Waals surface area contributed by atoms with Gasteiger partial charge in [0.25, 0.3) is 0 Å². The third kappa shape index (κ3) is 3.33. The zero-order valence-electron chi connectivity index (χ0n) is 16.7. The van der Waals surface area contributed by atoms with Crippen molar-refractivity contribution in [2.75, 3.05) is 7.11 Å². The van der Waals surface area contributed by atoms with Crippen molar-refractivity contribution in [1.29, 1.82) is 0 Å². The van der Waals surface area contributed by atoms with Crippen LogP contribution >= 0.6 is 0 Å². The highest BCUT2D eigenvalue weighted by Gasteiger charge is 2.52. The molecule has 144 valence electrons. The number of rotatable bonds is 1. The molecule has 2 aliphatic heterocycles. The molecule has 0 N–H and O–H groups in total. The molecule has 0 saturated carbocycles. The van der Waals surface area contributed by atoms with E-state index >= 15 is 0 Å². The molecule has 1 saturated heterocycles. The van der Waals surface area contributed by atoms with Gasteiger partial charge in [0.1, 0.15) is 11.4 Å². The van der Waals surface area contributed by atoms with Crippen LogP contribution in [0.2, 0.25) is 0 Å². The van der Waals surface area contributed by atoms with Crippen LogP contribution < -0.4 is 4.74 Å². The third-order valence-electron chi connectivity index (χ3n) is 5.26. The molecular formula is C24H25NO3. The number of carbonyl (C=O) groups excluding carboxylic acids is 1. The predicted octanol–water partition coefficient (Wildman–Crippen LogP) is 5.10. The third-order valence-corrected chi connectivity index (χ3v) is 5.26. The van der Waals surface area contributed by atoms with E-state index in [1.807, 2.05) is 62.1 Å². The van der Waals surface area contributed by atoms with Crippen molar-refractivity contribution in [2.45, 2.75) is 44.9 Å². The molecule has 0 aromatic heterocycles. The summed E-state index contributed by atoms with van der Waals surface area (Å²) in [6, 6.07) is 16.0. The van der Waals surface area contributed by atoms with E-state index in [0.29, 0.717) is 0 Å². The van der Waals surface area contributed by atoms with E-state index in [0.717, 1.165) is 17.7 Å². The highest BCUT2D eigenvalue weighted by atomic mass is 16.6. The zero-order valence-corrected chi connectivity index (χ0v) is 16.7. The number of hydrogen-bond donors (Lipinski definition) is 0. The van der Waals surface area contributed by atoms with Crippen LogP contribution in [0, 0.1) is 17.8 Å². The van der Waals surface area contributed by atoms with Gasteiger partial charge >= 0.3 is 6.09 Å². The normalized spacial score (nSPS) is 22.3. The maximum Gasteiger partial charge on any atom is 0.411 e. The first-order chi connectivity index (χ1) is 13.4. The first-order valence-corrected chi connectivity index (χ1v) is 9.63. The molecule has 4 heteroatoms. The Morgan fingerprint density at radius 3 is 2.39 bits per heavy atom. The molecule has 2 bridgehead atoms. The number of ether oxygens (including phenoxy) is 2. The van der Waals surface area contributed by atoms with Gasteiger partial charge in [0.15, 0.2) is 0 Å². The Labute approximate surface area is 166 Å². The number of benzene rings is 2. The van der Waals surface area contributed by atoms with Crippen LogP contribution in [0.3, 0.4) is 0 Å². The zero-order chi connectivity index (χ0) is 19.9. The maximum absolute atomic E-state index is 12.9. The van der Waals surface area contributed by atoms with Gasteiger partial charge in [-0.15, -0.1) is 0 Å². The highest BCUT2D eigenvalue weighted by molar-refractivity contribution is 5.72. The van der Waals surface area contributed by atoms with Crippen LogP contribution in [0.25, 0.3) is 0 Å². The Morgan fingerprint density at radius 1 is 1.07 bits per heavy atom. The lowest BCUT2D eigenvalue weighted by atomic mass is 9.84. The lowest BCUT2D eigenvalue weighted by Gasteiger charge is -2.28. The minimum absolute atomic E-state index is 0.0335. The molecule has 4 rings (SSSR count). The van der Waals surface area contributed by atoms with Crippen LogP contribution in [-0.4, -0.2) is 23.7 Å². The van der Waals surface area contributed by atoms with Crippen LogP contribution in [0.15, 0.2) is 48.5 Å². The van der Waals surface area contributed by atoms with Gasteiger partial charge in [0.2, 0.25) is 0 Å². The number of amides is 1. The summed E-state index contributed by atoms with van der Waals surface area (Å²) in [5, 5.41) is 0. The Kier molecular flexibility index (Phi) is 4.55. The number of nitrogens with zero attached hydrogens (tertiary/aromatic N) is 1. The first-order valence-electron chi connectivity index (χ1n) is 9.63. The molecule has 3 atom stereocenters. The fourth-order valence-electron chi connectivity index (χ4n) is 4.14. The number of hydrogen-bond acceptors (Lipinski definition) is 3. The van der Waals surface area contributed by atoms with Crippen LogP contribution in [0.5, 0.6) is 5.75 Å². The molecule has 3 unspecified atom stereocenters. The van der Waals surface area contributed by atoms with Crippen molar-refractivity contribution in [1.82, 2.24) is 4.90 Å². The van der Waals surface area contributed by atoms with E-state index in [2.05, 4.69) is 24.0 Å². The molecule has 0 radical (unpaired) electrons. The van der Waals surface area contributed by atoms with Crippen molar-refractivity contribution < 1.29 is 14.3 Å². The second-order valence-electron chi connectivity index (χ2n) is 8.32. The van der Waals surface area contributed by atoms with Gasteiger partial charge in [-0.05, 0) is 62.6 Å². The molecule has 0 aliphatic carbocycles. The van der Waals surface area contributed by atoms with Crippen LogP contribution in [0.1, 0.15) is 56.0 Å². The number of methoxy groups -OCH3 is 1. The Morgan fingerprint density at radius 2 is 1.75 bits per heavy atom.